The van der Waals surface area contributed by atoms with Gasteiger partial charge in [-0.25, -0.2) is 0 Å². The fourth-order valence-corrected chi connectivity index (χ4v) is 2.68. The van der Waals surface area contributed by atoms with Gasteiger partial charge in [0.05, 0.1) is 6.54 Å². The van der Waals surface area contributed by atoms with Crippen LogP contribution in [0.3, 0.4) is 0 Å². The highest BCUT2D eigenvalue weighted by atomic mass is 35.5. The van der Waals surface area contributed by atoms with E-state index < -0.39 is 0 Å². The summed E-state index contributed by atoms with van der Waals surface area (Å²) >= 11 is 6.08. The third kappa shape index (κ3) is 5.20. The highest BCUT2D eigenvalue weighted by molar-refractivity contribution is 6.31. The lowest BCUT2D eigenvalue weighted by molar-refractivity contribution is -0.129. The van der Waals surface area contributed by atoms with E-state index in [2.05, 4.69) is 5.32 Å². The lowest BCUT2D eigenvalue weighted by atomic mass is 10.1. The molecular weight excluding hydrogens is 348 g/mol. The van der Waals surface area contributed by atoms with Crippen LogP contribution in [0.5, 0.6) is 0 Å². The molecule has 26 heavy (non-hydrogen) atoms. The second-order valence-corrected chi connectivity index (χ2v) is 6.76. The molecule has 0 saturated carbocycles. The molecule has 0 spiro atoms. The Kier molecular flexibility index (Phi) is 6.58. The van der Waals surface area contributed by atoms with Crippen molar-refractivity contribution < 1.29 is 9.59 Å². The van der Waals surface area contributed by atoms with Crippen LogP contribution in [-0.2, 0) is 9.59 Å². The summed E-state index contributed by atoms with van der Waals surface area (Å²) < 4.78 is 0. The number of anilines is 1. The number of carbonyl (C=O) groups excluding carboxylic acids is 2. The largest absolute Gasteiger partial charge is 0.333 e. The number of aryl methyl sites for hydroxylation is 3. The Morgan fingerprint density at radius 3 is 2.35 bits per heavy atom. The maximum Gasteiger partial charge on any atom is 0.246 e. The number of carbonyl (C=O) groups is 2. The Labute approximate surface area is 159 Å². The van der Waals surface area contributed by atoms with Crippen molar-refractivity contribution in [1.29, 1.82) is 0 Å². The first kappa shape index (κ1) is 19.7. The van der Waals surface area contributed by atoms with Crippen molar-refractivity contribution in [2.45, 2.75) is 20.8 Å². The minimum atomic E-state index is -0.252. The van der Waals surface area contributed by atoms with Crippen LogP contribution in [0.1, 0.15) is 22.3 Å². The highest BCUT2D eigenvalue weighted by Crippen LogP contribution is 2.19. The summed E-state index contributed by atoms with van der Waals surface area (Å²) in [5.41, 5.74) is 4.59. The number of benzene rings is 2. The number of nitrogens with one attached hydrogen (secondary N) is 1. The van der Waals surface area contributed by atoms with E-state index in [1.54, 1.807) is 19.2 Å². The molecule has 5 heteroatoms. The molecule has 2 amide bonds. The van der Waals surface area contributed by atoms with Crippen LogP contribution in [0.25, 0.3) is 6.08 Å². The van der Waals surface area contributed by atoms with Crippen LogP contribution < -0.4 is 5.32 Å². The molecular formula is C21H23ClN2O2. The van der Waals surface area contributed by atoms with Crippen LogP contribution in [0.4, 0.5) is 5.69 Å². The van der Waals surface area contributed by atoms with Gasteiger partial charge < -0.3 is 10.2 Å². The lowest BCUT2D eigenvalue weighted by Crippen LogP contribution is -2.34. The van der Waals surface area contributed by atoms with E-state index in [0.717, 1.165) is 27.9 Å². The molecule has 0 aromatic heterocycles. The third-order valence-corrected chi connectivity index (χ3v) is 4.52. The summed E-state index contributed by atoms with van der Waals surface area (Å²) in [4.78, 5) is 25.8. The molecule has 0 unspecified atom stereocenters. The van der Waals surface area contributed by atoms with Gasteiger partial charge in [0, 0.05) is 23.8 Å². The fourth-order valence-electron chi connectivity index (χ4n) is 2.49. The van der Waals surface area contributed by atoms with Crippen molar-refractivity contribution in [2.24, 2.45) is 0 Å². The summed E-state index contributed by atoms with van der Waals surface area (Å²) in [5.74, 6) is -0.483. The van der Waals surface area contributed by atoms with E-state index in [0.29, 0.717) is 5.02 Å². The first-order chi connectivity index (χ1) is 12.3. The van der Waals surface area contributed by atoms with Crippen molar-refractivity contribution in [2.75, 3.05) is 18.9 Å². The molecule has 0 radical (unpaired) electrons. The molecule has 2 aromatic carbocycles. The predicted molar refractivity (Wildman–Crippen MR) is 107 cm³/mol. The summed E-state index contributed by atoms with van der Waals surface area (Å²) in [6, 6.07) is 11.4. The number of para-hydroxylation sites is 1. The SMILES string of the molecule is Cc1ccc(/C=C/C(=O)N(C)CC(=O)Nc2c(C)cccc2C)cc1Cl. The van der Waals surface area contributed by atoms with Crippen molar-refractivity contribution in [3.8, 4) is 0 Å². The van der Waals surface area contributed by atoms with Gasteiger partial charge >= 0.3 is 0 Å². The number of likely N-dealkylation sites (N-methyl/N-ethyl adjacent to an activating group) is 1. The Hall–Kier alpha value is -2.59. The average Bonchev–Trinajstić information content (AvgIpc) is 2.59. The first-order valence-electron chi connectivity index (χ1n) is 8.33. The second kappa shape index (κ2) is 8.68. The Morgan fingerprint density at radius 1 is 1.08 bits per heavy atom. The molecule has 2 rings (SSSR count). The monoisotopic (exact) mass is 370 g/mol. The number of hydrogen-bond acceptors (Lipinski definition) is 2. The number of nitrogens with zero attached hydrogens (tertiary/aromatic N) is 1. The van der Waals surface area contributed by atoms with Crippen LogP contribution in [0.2, 0.25) is 5.02 Å². The molecule has 0 saturated heterocycles. The van der Waals surface area contributed by atoms with Gasteiger partial charge in [-0.05, 0) is 55.2 Å². The predicted octanol–water partition coefficient (Wildman–Crippen LogP) is 4.38. The number of hydrogen-bond donors (Lipinski definition) is 1. The molecule has 0 heterocycles. The zero-order chi connectivity index (χ0) is 19.3. The lowest BCUT2D eigenvalue weighted by Gasteiger charge is -2.16. The van der Waals surface area contributed by atoms with Crippen molar-refractivity contribution in [3.05, 3.63) is 69.8 Å². The molecule has 0 aliphatic rings. The molecule has 0 aliphatic heterocycles. The van der Waals surface area contributed by atoms with E-state index >= 15 is 0 Å². The van der Waals surface area contributed by atoms with Gasteiger partial charge in [-0.1, -0.05) is 41.9 Å². The Bertz CT molecular complexity index is 839. The molecule has 0 aliphatic carbocycles. The van der Waals surface area contributed by atoms with Crippen molar-refractivity contribution in [1.82, 2.24) is 4.90 Å². The zero-order valence-corrected chi connectivity index (χ0v) is 16.2. The smallest absolute Gasteiger partial charge is 0.246 e. The van der Waals surface area contributed by atoms with E-state index in [-0.39, 0.29) is 18.4 Å². The van der Waals surface area contributed by atoms with Crippen molar-refractivity contribution >= 4 is 35.2 Å². The summed E-state index contributed by atoms with van der Waals surface area (Å²) in [6.45, 7) is 5.77. The minimum Gasteiger partial charge on any atom is -0.333 e. The average molecular weight is 371 g/mol. The topological polar surface area (TPSA) is 49.4 Å². The fraction of sp³-hybridized carbons (Fsp3) is 0.238. The highest BCUT2D eigenvalue weighted by Gasteiger charge is 2.12. The van der Waals surface area contributed by atoms with Crippen molar-refractivity contribution in [3.63, 3.8) is 0 Å². The minimum absolute atomic E-state index is 0.0222. The Balaban J connectivity index is 1.96. The van der Waals surface area contributed by atoms with E-state index in [1.165, 1.54) is 11.0 Å². The van der Waals surface area contributed by atoms with Gasteiger partial charge in [-0.2, -0.15) is 0 Å². The van der Waals surface area contributed by atoms with Gasteiger partial charge in [0.25, 0.3) is 0 Å². The molecule has 0 bridgehead atoms. The normalized spacial score (nSPS) is 10.8. The van der Waals surface area contributed by atoms with Crippen LogP contribution >= 0.6 is 11.6 Å². The van der Waals surface area contributed by atoms with E-state index in [9.17, 15) is 9.59 Å². The number of rotatable bonds is 5. The van der Waals surface area contributed by atoms with Gasteiger partial charge in [-0.3, -0.25) is 9.59 Å². The maximum atomic E-state index is 12.2. The quantitative estimate of drug-likeness (QED) is 0.794. The molecule has 2 aromatic rings. The number of halogens is 1. The molecule has 136 valence electrons. The van der Waals surface area contributed by atoms with E-state index in [4.69, 9.17) is 11.6 Å². The standard InChI is InChI=1S/C21H23ClN2O2/c1-14-8-9-17(12-18(14)22)10-11-20(26)24(4)13-19(25)23-21-15(2)6-5-7-16(21)3/h5-12H,13H2,1-4H3,(H,23,25)/b11-10+. The number of amides is 2. The van der Waals surface area contributed by atoms with E-state index in [1.807, 2.05) is 51.1 Å². The zero-order valence-electron chi connectivity index (χ0n) is 15.5. The van der Waals surface area contributed by atoms with Crippen LogP contribution in [0.15, 0.2) is 42.5 Å². The molecule has 1 N–H and O–H groups in total. The van der Waals surface area contributed by atoms with Gasteiger partial charge in [-0.15, -0.1) is 0 Å². The van der Waals surface area contributed by atoms with Gasteiger partial charge in [0.1, 0.15) is 0 Å². The first-order valence-corrected chi connectivity index (χ1v) is 8.71. The molecule has 0 atom stereocenters. The second-order valence-electron chi connectivity index (χ2n) is 6.35. The maximum absolute atomic E-state index is 12.2. The van der Waals surface area contributed by atoms with Crippen LogP contribution in [-0.4, -0.2) is 30.3 Å². The van der Waals surface area contributed by atoms with Gasteiger partial charge in [0.15, 0.2) is 0 Å². The summed E-state index contributed by atoms with van der Waals surface area (Å²) in [7, 11) is 1.60. The molecule has 0 fully saturated rings. The van der Waals surface area contributed by atoms with Gasteiger partial charge in [0.2, 0.25) is 11.8 Å². The van der Waals surface area contributed by atoms with Crippen LogP contribution in [0, 0.1) is 20.8 Å². The third-order valence-electron chi connectivity index (χ3n) is 4.12. The molecule has 4 nitrogen and oxygen atoms in total. The Morgan fingerprint density at radius 2 is 1.73 bits per heavy atom. The summed E-state index contributed by atoms with van der Waals surface area (Å²) in [6.07, 6.45) is 3.13. The summed E-state index contributed by atoms with van der Waals surface area (Å²) in [5, 5.41) is 3.53.